The van der Waals surface area contributed by atoms with Crippen LogP contribution in [0.25, 0.3) is 0 Å². The molecule has 0 radical (unpaired) electrons. The van der Waals surface area contributed by atoms with Crippen molar-refractivity contribution in [2.24, 2.45) is 0 Å². The van der Waals surface area contributed by atoms with E-state index < -0.39 is 18.4 Å². The fourth-order valence-electron chi connectivity index (χ4n) is 3.55. The SMILES string of the molecule is CCC[CH2][Sn]([CH2]CCC)([CH2]CCC)[CH2]OC/C=C\COCc1ccccc1. The second kappa shape index (κ2) is 16.6. The van der Waals surface area contributed by atoms with Gasteiger partial charge in [-0.3, -0.25) is 0 Å². The zero-order chi connectivity index (χ0) is 19.6. The predicted octanol–water partition coefficient (Wildman–Crippen LogP) is 7.16. The average Bonchev–Trinajstić information content (AvgIpc) is 2.71. The Balaban J connectivity index is 2.32. The van der Waals surface area contributed by atoms with E-state index in [-0.39, 0.29) is 0 Å². The minimum absolute atomic E-state index is 0.661. The van der Waals surface area contributed by atoms with Crippen molar-refractivity contribution in [3.05, 3.63) is 48.0 Å². The van der Waals surface area contributed by atoms with Gasteiger partial charge in [0.2, 0.25) is 0 Å². The summed E-state index contributed by atoms with van der Waals surface area (Å²) in [6, 6.07) is 10.3. The summed E-state index contributed by atoms with van der Waals surface area (Å²) in [5.74, 6) is 0. The fraction of sp³-hybridized carbons (Fsp3) is 0.667. The number of unbranched alkanes of at least 4 members (excludes halogenated alkanes) is 3. The van der Waals surface area contributed by atoms with E-state index in [0.29, 0.717) is 13.2 Å². The van der Waals surface area contributed by atoms with Crippen LogP contribution in [0.2, 0.25) is 13.3 Å². The van der Waals surface area contributed by atoms with E-state index >= 15 is 0 Å². The van der Waals surface area contributed by atoms with E-state index in [1.54, 1.807) is 0 Å². The summed E-state index contributed by atoms with van der Waals surface area (Å²) in [5.41, 5.74) is 1.23. The van der Waals surface area contributed by atoms with Gasteiger partial charge >= 0.3 is 173 Å². The standard InChI is InChI=1S/C12H15O2.3C4H9.Sn/c1-13-9-5-6-10-14-11-12-7-3-2-4-8-12;3*1-3-4-2;/h2-8H,1,9-11H2;3*1,3-4H2,2H3;/b6-5-;;;;. The van der Waals surface area contributed by atoms with Crippen LogP contribution in [-0.2, 0) is 16.1 Å². The van der Waals surface area contributed by atoms with Gasteiger partial charge in [0, 0.05) is 0 Å². The van der Waals surface area contributed by atoms with Crippen LogP contribution >= 0.6 is 0 Å². The first-order valence-electron chi connectivity index (χ1n) is 11.1. The van der Waals surface area contributed by atoms with Crippen molar-refractivity contribution < 1.29 is 9.47 Å². The number of ether oxygens (including phenoxy) is 2. The topological polar surface area (TPSA) is 18.5 Å². The van der Waals surface area contributed by atoms with Crippen LogP contribution in [0.4, 0.5) is 0 Å². The zero-order valence-corrected chi connectivity index (χ0v) is 20.9. The second-order valence-corrected chi connectivity index (χ2v) is 21.5. The van der Waals surface area contributed by atoms with Crippen LogP contribution in [0.15, 0.2) is 42.5 Å². The molecule has 0 fully saturated rings. The molecule has 0 bridgehead atoms. The molecule has 0 aliphatic rings. The van der Waals surface area contributed by atoms with E-state index in [0.717, 1.165) is 11.2 Å². The van der Waals surface area contributed by atoms with Crippen LogP contribution < -0.4 is 0 Å². The number of hydrogen-bond acceptors (Lipinski definition) is 2. The van der Waals surface area contributed by atoms with Crippen LogP contribution in [0.5, 0.6) is 0 Å². The summed E-state index contributed by atoms with van der Waals surface area (Å²) in [7, 11) is 0. The molecule has 1 aromatic rings. The van der Waals surface area contributed by atoms with Gasteiger partial charge in [0.15, 0.2) is 0 Å². The van der Waals surface area contributed by atoms with E-state index in [2.05, 4.69) is 57.2 Å². The Kier molecular flexibility index (Phi) is 15.2. The molecule has 27 heavy (non-hydrogen) atoms. The van der Waals surface area contributed by atoms with Gasteiger partial charge < -0.3 is 0 Å². The Morgan fingerprint density at radius 2 is 1.26 bits per heavy atom. The molecule has 0 amide bonds. The molecule has 0 aromatic heterocycles. The molecule has 0 heterocycles. The molecule has 2 nitrogen and oxygen atoms in total. The van der Waals surface area contributed by atoms with Gasteiger partial charge in [-0.05, 0) is 0 Å². The summed E-state index contributed by atoms with van der Waals surface area (Å²) >= 11 is -2.11. The van der Waals surface area contributed by atoms with Crippen molar-refractivity contribution in [3.8, 4) is 0 Å². The van der Waals surface area contributed by atoms with Gasteiger partial charge in [0.25, 0.3) is 0 Å². The number of benzene rings is 1. The second-order valence-electron chi connectivity index (χ2n) is 7.80. The van der Waals surface area contributed by atoms with Crippen molar-refractivity contribution in [1.29, 1.82) is 0 Å². The summed E-state index contributed by atoms with van der Waals surface area (Å²) in [5, 5.41) is 0. The van der Waals surface area contributed by atoms with E-state index in [9.17, 15) is 0 Å². The van der Waals surface area contributed by atoms with Gasteiger partial charge in [-0.25, -0.2) is 0 Å². The molecule has 1 rings (SSSR count). The third-order valence-corrected chi connectivity index (χ3v) is 19.7. The molecule has 0 N–H and O–H groups in total. The molecular weight excluding hydrogens is 439 g/mol. The van der Waals surface area contributed by atoms with Gasteiger partial charge in [0.05, 0.1) is 0 Å². The normalized spacial score (nSPS) is 12.1. The molecule has 1 aromatic carbocycles. The fourth-order valence-corrected chi connectivity index (χ4v) is 17.9. The summed E-state index contributed by atoms with van der Waals surface area (Å²) < 4.78 is 17.6. The molecule has 3 heteroatoms. The Bertz CT molecular complexity index is 451. The quantitative estimate of drug-likeness (QED) is 0.134. The van der Waals surface area contributed by atoms with Crippen LogP contribution in [0.3, 0.4) is 0 Å². The van der Waals surface area contributed by atoms with Gasteiger partial charge in [-0.15, -0.1) is 0 Å². The van der Waals surface area contributed by atoms with Crippen molar-refractivity contribution in [2.45, 2.75) is 79.2 Å². The van der Waals surface area contributed by atoms with E-state index in [1.807, 2.05) is 6.07 Å². The van der Waals surface area contributed by atoms with Crippen LogP contribution in [0.1, 0.15) is 64.9 Å². The zero-order valence-electron chi connectivity index (χ0n) is 18.1. The average molecular weight is 481 g/mol. The third-order valence-electron chi connectivity index (χ3n) is 5.30. The molecule has 0 saturated heterocycles. The molecule has 0 atom stereocenters. The van der Waals surface area contributed by atoms with Crippen molar-refractivity contribution in [1.82, 2.24) is 0 Å². The molecule has 0 saturated carbocycles. The first-order chi connectivity index (χ1) is 13.3. The van der Waals surface area contributed by atoms with Gasteiger partial charge in [-0.2, -0.15) is 0 Å². The Morgan fingerprint density at radius 1 is 0.741 bits per heavy atom. The summed E-state index contributed by atoms with van der Waals surface area (Å²) in [6.45, 7) is 9.07. The molecule has 0 spiro atoms. The molecule has 0 unspecified atom stereocenters. The Labute approximate surface area is 172 Å². The van der Waals surface area contributed by atoms with Crippen LogP contribution in [0, 0.1) is 0 Å². The maximum absolute atomic E-state index is 6.21. The van der Waals surface area contributed by atoms with Crippen LogP contribution in [-0.4, -0.2) is 36.2 Å². The molecule has 0 aliphatic carbocycles. The van der Waals surface area contributed by atoms with Crippen molar-refractivity contribution >= 4 is 18.4 Å². The summed E-state index contributed by atoms with van der Waals surface area (Å²) in [6.07, 6.45) is 12.5. The number of hydrogen-bond donors (Lipinski definition) is 0. The Hall–Kier alpha value is -0.321. The monoisotopic (exact) mass is 482 g/mol. The first kappa shape index (κ1) is 24.7. The number of rotatable bonds is 17. The Morgan fingerprint density at radius 3 is 1.78 bits per heavy atom. The molecular formula is C24H42O2Sn. The predicted molar refractivity (Wildman–Crippen MR) is 121 cm³/mol. The minimum atomic E-state index is -2.11. The molecule has 0 aliphatic heterocycles. The van der Waals surface area contributed by atoms with Crippen molar-refractivity contribution in [3.63, 3.8) is 0 Å². The van der Waals surface area contributed by atoms with E-state index in [1.165, 1.54) is 57.4 Å². The summed E-state index contributed by atoms with van der Waals surface area (Å²) in [4.78, 5) is 0. The van der Waals surface area contributed by atoms with Gasteiger partial charge in [0.1, 0.15) is 0 Å². The van der Waals surface area contributed by atoms with Gasteiger partial charge in [-0.1, -0.05) is 0 Å². The first-order valence-corrected chi connectivity index (χ1v) is 19.2. The van der Waals surface area contributed by atoms with E-state index in [4.69, 9.17) is 9.47 Å². The third kappa shape index (κ3) is 12.0. The molecule has 154 valence electrons. The maximum atomic E-state index is 6.21. The van der Waals surface area contributed by atoms with Crippen molar-refractivity contribution in [2.75, 3.05) is 17.8 Å².